The summed E-state index contributed by atoms with van der Waals surface area (Å²) in [7, 11) is 3.13. The summed E-state index contributed by atoms with van der Waals surface area (Å²) in [5.41, 5.74) is 1.70. The topological polar surface area (TPSA) is 84.9 Å². The van der Waals surface area contributed by atoms with Gasteiger partial charge in [-0.3, -0.25) is 19.3 Å². The van der Waals surface area contributed by atoms with Gasteiger partial charge in [-0.15, -0.1) is 0 Å². The van der Waals surface area contributed by atoms with E-state index in [0.717, 1.165) is 18.4 Å². The Balaban J connectivity index is 1.81. The molecule has 3 rings (SSSR count). The normalized spacial score (nSPS) is 13.8. The fourth-order valence-corrected chi connectivity index (χ4v) is 3.49. The van der Waals surface area contributed by atoms with E-state index in [1.807, 2.05) is 13.8 Å². The number of benzene rings is 2. The van der Waals surface area contributed by atoms with Crippen LogP contribution in [0.2, 0.25) is 0 Å². The van der Waals surface area contributed by atoms with E-state index >= 15 is 0 Å². The number of hydrogen-bond donors (Lipinski definition) is 1. The summed E-state index contributed by atoms with van der Waals surface area (Å²) in [4.78, 5) is 39.2. The average Bonchev–Trinajstić information content (AvgIpc) is 3.00. The number of nitrogens with zero attached hydrogens (tertiary/aromatic N) is 1. The molecule has 2 aromatic carbocycles. The molecule has 0 saturated carbocycles. The van der Waals surface area contributed by atoms with Gasteiger partial charge in [-0.2, -0.15) is 0 Å². The van der Waals surface area contributed by atoms with Crippen molar-refractivity contribution in [1.82, 2.24) is 10.2 Å². The zero-order valence-electron chi connectivity index (χ0n) is 17.7. The molecule has 3 amide bonds. The van der Waals surface area contributed by atoms with Gasteiger partial charge < -0.3 is 14.8 Å². The molecule has 0 aromatic heterocycles. The number of unbranched alkanes of at least 4 members (excludes halogenated alkanes) is 1. The van der Waals surface area contributed by atoms with Gasteiger partial charge in [0.15, 0.2) is 0 Å². The maximum Gasteiger partial charge on any atom is 0.261 e. The van der Waals surface area contributed by atoms with Crippen molar-refractivity contribution >= 4 is 17.7 Å². The molecule has 1 N–H and O–H groups in total. The lowest BCUT2D eigenvalue weighted by molar-refractivity contribution is 0.0652. The van der Waals surface area contributed by atoms with Gasteiger partial charge in [0.05, 0.1) is 31.4 Å². The molecule has 1 aliphatic rings. The third-order valence-corrected chi connectivity index (χ3v) is 5.22. The number of nitrogens with one attached hydrogen (secondary N) is 1. The Morgan fingerprint density at radius 3 is 2.43 bits per heavy atom. The van der Waals surface area contributed by atoms with Crippen LogP contribution in [-0.4, -0.2) is 43.4 Å². The molecular weight excluding hydrogens is 384 g/mol. The monoisotopic (exact) mass is 410 g/mol. The fourth-order valence-electron chi connectivity index (χ4n) is 3.49. The molecule has 1 heterocycles. The highest BCUT2D eigenvalue weighted by Crippen LogP contribution is 2.30. The molecule has 0 fully saturated rings. The molecule has 0 bridgehead atoms. The summed E-state index contributed by atoms with van der Waals surface area (Å²) in [6.07, 6.45) is 1.63. The number of amides is 3. The smallest absolute Gasteiger partial charge is 0.261 e. The second-order valence-corrected chi connectivity index (χ2v) is 7.18. The van der Waals surface area contributed by atoms with Crippen molar-refractivity contribution in [2.45, 2.75) is 32.7 Å². The molecular formula is C23H26N2O5. The van der Waals surface area contributed by atoms with E-state index in [9.17, 15) is 14.4 Å². The lowest BCUT2D eigenvalue weighted by atomic mass is 10.0. The number of imide groups is 1. The van der Waals surface area contributed by atoms with Crippen molar-refractivity contribution in [2.24, 2.45) is 0 Å². The number of methoxy groups -OCH3 is 2. The van der Waals surface area contributed by atoms with E-state index < -0.39 is 0 Å². The van der Waals surface area contributed by atoms with Crippen LogP contribution in [0.25, 0.3) is 0 Å². The molecule has 158 valence electrons. The number of carbonyl (C=O) groups excluding carboxylic acids is 3. The van der Waals surface area contributed by atoms with E-state index in [1.165, 1.54) is 11.0 Å². The minimum atomic E-state index is -0.366. The number of hydrogen-bond acceptors (Lipinski definition) is 5. The van der Waals surface area contributed by atoms with Gasteiger partial charge in [0, 0.05) is 17.7 Å². The Hall–Kier alpha value is -3.35. The van der Waals surface area contributed by atoms with Gasteiger partial charge in [-0.05, 0) is 49.7 Å². The van der Waals surface area contributed by atoms with E-state index in [0.29, 0.717) is 29.2 Å². The first kappa shape index (κ1) is 21.4. The van der Waals surface area contributed by atoms with Gasteiger partial charge >= 0.3 is 0 Å². The standard InChI is InChI=1S/C23H26N2O5/c1-5-6-11-25-22(27)17-9-7-15(12-19(17)23(25)28)21(26)24-14(2)18-13-16(29-3)8-10-20(18)30-4/h7-10,12-14H,5-6,11H2,1-4H3,(H,24,26)/t14-/m1/s1. The maximum absolute atomic E-state index is 12.8. The Bertz CT molecular complexity index is 986. The summed E-state index contributed by atoms with van der Waals surface area (Å²) < 4.78 is 10.7. The Morgan fingerprint density at radius 1 is 1.03 bits per heavy atom. The van der Waals surface area contributed by atoms with E-state index in [1.54, 1.807) is 44.6 Å². The Morgan fingerprint density at radius 2 is 1.77 bits per heavy atom. The van der Waals surface area contributed by atoms with Crippen LogP contribution in [0.5, 0.6) is 11.5 Å². The van der Waals surface area contributed by atoms with Gasteiger partial charge in [-0.1, -0.05) is 13.3 Å². The van der Waals surface area contributed by atoms with Gasteiger partial charge in [0.2, 0.25) is 0 Å². The van der Waals surface area contributed by atoms with Crippen LogP contribution in [0, 0.1) is 0 Å². The number of ether oxygens (including phenoxy) is 2. The largest absolute Gasteiger partial charge is 0.497 e. The van der Waals surface area contributed by atoms with Crippen molar-refractivity contribution in [2.75, 3.05) is 20.8 Å². The van der Waals surface area contributed by atoms with Crippen LogP contribution in [0.3, 0.4) is 0 Å². The van der Waals surface area contributed by atoms with Gasteiger partial charge in [0.25, 0.3) is 17.7 Å². The molecule has 0 unspecified atom stereocenters. The van der Waals surface area contributed by atoms with Gasteiger partial charge in [-0.25, -0.2) is 0 Å². The minimum Gasteiger partial charge on any atom is -0.497 e. The van der Waals surface area contributed by atoms with Crippen molar-refractivity contribution < 1.29 is 23.9 Å². The molecule has 0 aliphatic carbocycles. The maximum atomic E-state index is 12.8. The summed E-state index contributed by atoms with van der Waals surface area (Å²) in [6.45, 7) is 4.22. The number of fused-ring (bicyclic) bond motifs is 1. The van der Waals surface area contributed by atoms with Crippen LogP contribution in [0.4, 0.5) is 0 Å². The predicted molar refractivity (Wildman–Crippen MR) is 112 cm³/mol. The first-order valence-electron chi connectivity index (χ1n) is 9.94. The molecule has 0 spiro atoms. The molecule has 7 heteroatoms. The lowest BCUT2D eigenvalue weighted by Crippen LogP contribution is -2.30. The summed E-state index contributed by atoms with van der Waals surface area (Å²) >= 11 is 0. The zero-order chi connectivity index (χ0) is 21.8. The highest BCUT2D eigenvalue weighted by atomic mass is 16.5. The first-order chi connectivity index (χ1) is 14.4. The highest BCUT2D eigenvalue weighted by Gasteiger charge is 2.35. The SMILES string of the molecule is CCCCN1C(=O)c2ccc(C(=O)N[C@H](C)c3cc(OC)ccc3OC)cc2C1=O. The molecule has 30 heavy (non-hydrogen) atoms. The number of rotatable bonds is 8. The minimum absolute atomic E-state index is 0.273. The summed E-state index contributed by atoms with van der Waals surface area (Å²) in [5, 5.41) is 2.92. The quantitative estimate of drug-likeness (QED) is 0.672. The predicted octanol–water partition coefficient (Wildman–Crippen LogP) is 3.59. The van der Waals surface area contributed by atoms with Crippen molar-refractivity contribution in [1.29, 1.82) is 0 Å². The fraction of sp³-hybridized carbons (Fsp3) is 0.348. The van der Waals surface area contributed by atoms with Crippen LogP contribution >= 0.6 is 0 Å². The zero-order valence-corrected chi connectivity index (χ0v) is 17.7. The molecule has 0 radical (unpaired) electrons. The second-order valence-electron chi connectivity index (χ2n) is 7.18. The van der Waals surface area contributed by atoms with Gasteiger partial charge in [0.1, 0.15) is 11.5 Å². The van der Waals surface area contributed by atoms with Crippen LogP contribution in [0.1, 0.15) is 69.4 Å². The average molecular weight is 410 g/mol. The molecule has 1 atom stereocenters. The van der Waals surface area contributed by atoms with Crippen molar-refractivity contribution in [3.05, 3.63) is 58.7 Å². The third-order valence-electron chi connectivity index (χ3n) is 5.22. The molecule has 7 nitrogen and oxygen atoms in total. The molecule has 2 aromatic rings. The number of carbonyl (C=O) groups is 3. The van der Waals surface area contributed by atoms with E-state index in [2.05, 4.69) is 5.32 Å². The first-order valence-corrected chi connectivity index (χ1v) is 9.94. The van der Waals surface area contributed by atoms with E-state index in [-0.39, 0.29) is 29.3 Å². The third kappa shape index (κ3) is 4.01. The van der Waals surface area contributed by atoms with Crippen molar-refractivity contribution in [3.63, 3.8) is 0 Å². The van der Waals surface area contributed by atoms with Crippen LogP contribution in [-0.2, 0) is 0 Å². The molecule has 1 aliphatic heterocycles. The Kier molecular flexibility index (Phi) is 6.40. The second kappa shape index (κ2) is 8.98. The molecule has 0 saturated heterocycles. The van der Waals surface area contributed by atoms with Crippen LogP contribution < -0.4 is 14.8 Å². The van der Waals surface area contributed by atoms with Crippen molar-refractivity contribution in [3.8, 4) is 11.5 Å². The highest BCUT2D eigenvalue weighted by molar-refractivity contribution is 6.22. The van der Waals surface area contributed by atoms with Crippen LogP contribution in [0.15, 0.2) is 36.4 Å². The lowest BCUT2D eigenvalue weighted by Gasteiger charge is -2.18. The Labute approximate surface area is 176 Å². The van der Waals surface area contributed by atoms with E-state index in [4.69, 9.17) is 9.47 Å². The summed E-state index contributed by atoms with van der Waals surface area (Å²) in [6, 6.07) is 9.61. The summed E-state index contributed by atoms with van der Waals surface area (Å²) in [5.74, 6) is 0.290.